The van der Waals surface area contributed by atoms with Crippen molar-refractivity contribution in [3.05, 3.63) is 46.1 Å². The zero-order valence-electron chi connectivity index (χ0n) is 21.3. The fourth-order valence-electron chi connectivity index (χ4n) is 3.76. The van der Waals surface area contributed by atoms with Crippen LogP contribution in [0.4, 0.5) is 0 Å². The molecule has 0 aliphatic heterocycles. The summed E-state index contributed by atoms with van der Waals surface area (Å²) in [5, 5.41) is 10.8. The van der Waals surface area contributed by atoms with Gasteiger partial charge in [0.25, 0.3) is 0 Å². The Hall–Kier alpha value is -4.21. The van der Waals surface area contributed by atoms with E-state index in [1.807, 2.05) is 6.92 Å². The topological polar surface area (TPSA) is 131 Å². The van der Waals surface area contributed by atoms with Crippen molar-refractivity contribution in [2.45, 2.75) is 33.6 Å². The molecule has 0 aliphatic carbocycles. The Balaban J connectivity index is 2.13. The van der Waals surface area contributed by atoms with Crippen molar-refractivity contribution in [3.8, 4) is 34.3 Å². The van der Waals surface area contributed by atoms with Crippen LogP contribution in [0.1, 0.15) is 32.8 Å². The first kappa shape index (κ1) is 27.4. The first-order valence-corrected chi connectivity index (χ1v) is 11.9. The highest BCUT2D eigenvalue weighted by Crippen LogP contribution is 2.39. The quantitative estimate of drug-likeness (QED) is 0.354. The van der Waals surface area contributed by atoms with Gasteiger partial charge in [-0.25, -0.2) is 9.59 Å². The number of phenols is 1. The maximum atomic E-state index is 13.2. The number of esters is 2. The molecule has 198 valence electrons. The molecule has 0 aliphatic rings. The van der Waals surface area contributed by atoms with E-state index in [2.05, 4.69) is 0 Å². The largest absolute Gasteiger partial charge is 0.504 e. The summed E-state index contributed by atoms with van der Waals surface area (Å²) < 4.78 is 32.2. The van der Waals surface area contributed by atoms with Gasteiger partial charge >= 0.3 is 11.9 Å². The molecule has 0 amide bonds. The van der Waals surface area contributed by atoms with Gasteiger partial charge in [-0.05, 0) is 32.4 Å². The van der Waals surface area contributed by atoms with Gasteiger partial charge in [-0.1, -0.05) is 13.3 Å². The van der Waals surface area contributed by atoms with Gasteiger partial charge in [-0.3, -0.25) is 4.79 Å². The number of phenolic OH excluding ortho intramolecular Hbond substituents is 1. The second-order valence-electron chi connectivity index (χ2n) is 7.85. The van der Waals surface area contributed by atoms with Gasteiger partial charge in [0.2, 0.25) is 0 Å². The summed E-state index contributed by atoms with van der Waals surface area (Å²) >= 11 is 0. The monoisotopic (exact) mass is 514 g/mol. The first-order chi connectivity index (χ1) is 17.8. The van der Waals surface area contributed by atoms with Gasteiger partial charge in [0.1, 0.15) is 28.2 Å². The molecule has 0 spiro atoms. The Morgan fingerprint density at radius 2 is 1.59 bits per heavy atom. The van der Waals surface area contributed by atoms with Crippen LogP contribution in [-0.2, 0) is 25.5 Å². The molecule has 0 radical (unpaired) electrons. The lowest BCUT2D eigenvalue weighted by Gasteiger charge is -2.15. The van der Waals surface area contributed by atoms with E-state index in [9.17, 15) is 19.5 Å². The Morgan fingerprint density at radius 3 is 2.22 bits per heavy atom. The van der Waals surface area contributed by atoms with E-state index in [4.69, 9.17) is 28.1 Å². The van der Waals surface area contributed by atoms with E-state index in [1.54, 1.807) is 26.0 Å². The number of hydrogen-bond donors (Lipinski definition) is 1. The van der Waals surface area contributed by atoms with E-state index in [0.29, 0.717) is 23.3 Å². The third kappa shape index (κ3) is 6.52. The Labute approximate surface area is 213 Å². The van der Waals surface area contributed by atoms with Gasteiger partial charge < -0.3 is 33.2 Å². The zero-order chi connectivity index (χ0) is 26.9. The fourth-order valence-corrected chi connectivity index (χ4v) is 3.76. The van der Waals surface area contributed by atoms with Crippen LogP contribution in [-0.4, -0.2) is 50.6 Å². The molecule has 1 aromatic heterocycles. The first-order valence-electron chi connectivity index (χ1n) is 11.9. The highest BCUT2D eigenvalue weighted by molar-refractivity contribution is 5.87. The van der Waals surface area contributed by atoms with Crippen molar-refractivity contribution in [1.29, 1.82) is 0 Å². The third-order valence-corrected chi connectivity index (χ3v) is 5.31. The molecule has 1 N–H and O–H groups in total. The summed E-state index contributed by atoms with van der Waals surface area (Å²) in [5.41, 5.74) is 0.745. The Bertz CT molecular complexity index is 1320. The lowest BCUT2D eigenvalue weighted by atomic mass is 9.98. The van der Waals surface area contributed by atoms with Crippen LogP contribution in [0.2, 0.25) is 0 Å². The van der Waals surface area contributed by atoms with E-state index in [-0.39, 0.29) is 53.8 Å². The molecule has 3 rings (SSSR count). The average Bonchev–Trinajstić information content (AvgIpc) is 2.87. The molecular weight excluding hydrogens is 484 g/mol. The van der Waals surface area contributed by atoms with Crippen LogP contribution >= 0.6 is 0 Å². The number of fused-ring (bicyclic) bond motifs is 1. The lowest BCUT2D eigenvalue weighted by Crippen LogP contribution is -2.16. The molecule has 0 atom stereocenters. The molecule has 37 heavy (non-hydrogen) atoms. The molecule has 0 saturated carbocycles. The number of carbonyl (C=O) groups is 2. The smallest absolute Gasteiger partial charge is 0.344 e. The minimum absolute atomic E-state index is 0.0241. The van der Waals surface area contributed by atoms with Crippen molar-refractivity contribution in [3.63, 3.8) is 0 Å². The summed E-state index contributed by atoms with van der Waals surface area (Å²) in [5.74, 6) is -0.536. The van der Waals surface area contributed by atoms with E-state index >= 15 is 0 Å². The van der Waals surface area contributed by atoms with Crippen molar-refractivity contribution >= 4 is 22.9 Å². The summed E-state index contributed by atoms with van der Waals surface area (Å²) in [6.45, 7) is 4.84. The van der Waals surface area contributed by atoms with Crippen molar-refractivity contribution in [2.75, 3.05) is 33.5 Å². The minimum atomic E-state index is -0.618. The van der Waals surface area contributed by atoms with Gasteiger partial charge in [-0.2, -0.15) is 0 Å². The molecule has 10 nitrogen and oxygen atoms in total. The van der Waals surface area contributed by atoms with Crippen LogP contribution in [0.25, 0.3) is 22.3 Å². The maximum absolute atomic E-state index is 13.2. The predicted molar refractivity (Wildman–Crippen MR) is 134 cm³/mol. The van der Waals surface area contributed by atoms with E-state index < -0.39 is 24.0 Å². The molecule has 0 fully saturated rings. The summed E-state index contributed by atoms with van der Waals surface area (Å²) in [7, 11) is 1.45. The Morgan fingerprint density at radius 1 is 0.919 bits per heavy atom. The van der Waals surface area contributed by atoms with Crippen LogP contribution < -0.4 is 19.6 Å². The van der Waals surface area contributed by atoms with Gasteiger partial charge in [0.05, 0.1) is 20.3 Å². The SMILES string of the molecule is CCCc1c(-c2cc(=O)c3c(OCC(=O)OCC)cc(OCC(=O)OCC)cc3o2)ccc(OC)c1O. The fraction of sp³-hybridized carbons (Fsp3) is 0.370. The van der Waals surface area contributed by atoms with Crippen LogP contribution in [0.5, 0.6) is 23.0 Å². The van der Waals surface area contributed by atoms with Gasteiger partial charge in [-0.15, -0.1) is 0 Å². The van der Waals surface area contributed by atoms with Crippen LogP contribution in [0.15, 0.2) is 39.5 Å². The number of carbonyl (C=O) groups excluding carboxylic acids is 2. The Kier molecular flexibility index (Phi) is 9.37. The summed E-state index contributed by atoms with van der Waals surface area (Å²) in [6, 6.07) is 7.41. The number of hydrogen-bond acceptors (Lipinski definition) is 10. The average molecular weight is 515 g/mol. The van der Waals surface area contributed by atoms with Gasteiger partial charge in [0, 0.05) is 29.3 Å². The number of aromatic hydroxyl groups is 1. The molecule has 10 heteroatoms. The van der Waals surface area contributed by atoms with E-state index in [1.165, 1.54) is 25.3 Å². The molecule has 0 bridgehead atoms. The van der Waals surface area contributed by atoms with Crippen LogP contribution in [0.3, 0.4) is 0 Å². The number of methoxy groups -OCH3 is 1. The second-order valence-corrected chi connectivity index (χ2v) is 7.85. The lowest BCUT2D eigenvalue weighted by molar-refractivity contribution is -0.146. The summed E-state index contributed by atoms with van der Waals surface area (Å²) in [4.78, 5) is 36.9. The normalized spacial score (nSPS) is 10.7. The van der Waals surface area contributed by atoms with Crippen molar-refractivity contribution in [1.82, 2.24) is 0 Å². The highest BCUT2D eigenvalue weighted by atomic mass is 16.6. The molecule has 2 aromatic carbocycles. The molecule has 0 saturated heterocycles. The van der Waals surface area contributed by atoms with Crippen molar-refractivity contribution in [2.24, 2.45) is 0 Å². The molecular formula is C27H30O10. The second kappa shape index (κ2) is 12.7. The molecule has 3 aromatic rings. The number of benzene rings is 2. The zero-order valence-corrected chi connectivity index (χ0v) is 21.3. The van der Waals surface area contributed by atoms with Crippen molar-refractivity contribution < 1.29 is 42.8 Å². The molecule has 0 unspecified atom stereocenters. The third-order valence-electron chi connectivity index (χ3n) is 5.31. The number of ether oxygens (including phenoxy) is 5. The predicted octanol–water partition coefficient (Wildman–Crippen LogP) is 4.01. The standard InChI is InChI=1S/C27H30O10/c1-5-8-18-17(9-10-20(32-4)27(18)31)21-13-19(28)26-22(36-15-25(30)34-7-3)11-16(12-23(26)37-21)35-14-24(29)33-6-2/h9-13,31H,5-8,14-15H2,1-4H3. The highest BCUT2D eigenvalue weighted by Gasteiger charge is 2.20. The molecule has 1 heterocycles. The van der Waals surface area contributed by atoms with E-state index in [0.717, 1.165) is 6.42 Å². The summed E-state index contributed by atoms with van der Waals surface area (Å²) in [6.07, 6.45) is 1.24. The van der Waals surface area contributed by atoms with Crippen LogP contribution in [0, 0.1) is 0 Å². The maximum Gasteiger partial charge on any atom is 0.344 e. The van der Waals surface area contributed by atoms with Gasteiger partial charge in [0.15, 0.2) is 30.1 Å². The number of rotatable bonds is 12. The minimum Gasteiger partial charge on any atom is -0.504 e.